The van der Waals surface area contributed by atoms with Gasteiger partial charge in [-0.05, 0) is 17.2 Å². The van der Waals surface area contributed by atoms with Gasteiger partial charge in [-0.1, -0.05) is 55.5 Å². The maximum Gasteiger partial charge on any atom is 0.221 e. The van der Waals surface area contributed by atoms with Crippen molar-refractivity contribution in [2.24, 2.45) is 0 Å². The Balaban J connectivity index is 2.36. The van der Waals surface area contributed by atoms with Crippen molar-refractivity contribution in [3.63, 3.8) is 0 Å². The van der Waals surface area contributed by atoms with Crippen molar-refractivity contribution < 1.29 is 4.79 Å². The molecule has 92 valence electrons. The highest BCUT2D eigenvalue weighted by molar-refractivity contribution is 5.89. The van der Waals surface area contributed by atoms with Gasteiger partial charge in [0, 0.05) is 18.5 Å². The number of carbonyl (C=O) groups excluding carboxylic acids is 1. The predicted octanol–water partition coefficient (Wildman–Crippen LogP) is 3.80. The Morgan fingerprint density at radius 1 is 1.00 bits per heavy atom. The molecule has 0 fully saturated rings. The summed E-state index contributed by atoms with van der Waals surface area (Å²) in [6, 6.07) is 18.2. The SMILES string of the molecule is CC(=O)Nc1ccccc1C(C)c1ccccc1. The molecule has 1 unspecified atom stereocenters. The molecule has 2 aromatic carbocycles. The van der Waals surface area contributed by atoms with Gasteiger partial charge in [-0.3, -0.25) is 4.79 Å². The molecule has 0 aliphatic rings. The van der Waals surface area contributed by atoms with Gasteiger partial charge in [-0.25, -0.2) is 0 Å². The summed E-state index contributed by atoms with van der Waals surface area (Å²) in [7, 11) is 0. The molecule has 1 atom stereocenters. The Morgan fingerprint density at radius 2 is 1.61 bits per heavy atom. The summed E-state index contributed by atoms with van der Waals surface area (Å²) in [5.74, 6) is 0.219. The van der Waals surface area contributed by atoms with Gasteiger partial charge < -0.3 is 5.32 Å². The molecule has 2 heteroatoms. The molecule has 0 aliphatic carbocycles. The summed E-state index contributed by atoms with van der Waals surface area (Å²) in [5.41, 5.74) is 3.27. The molecular formula is C16H17NO. The first-order valence-electron chi connectivity index (χ1n) is 6.10. The lowest BCUT2D eigenvalue weighted by Crippen LogP contribution is -2.09. The van der Waals surface area contributed by atoms with Crippen molar-refractivity contribution in [2.45, 2.75) is 19.8 Å². The van der Waals surface area contributed by atoms with E-state index < -0.39 is 0 Å². The van der Waals surface area contributed by atoms with Gasteiger partial charge in [-0.2, -0.15) is 0 Å². The van der Waals surface area contributed by atoms with E-state index in [2.05, 4.69) is 30.4 Å². The fourth-order valence-electron chi connectivity index (χ4n) is 2.10. The Bertz CT molecular complexity index is 534. The second-order valence-corrected chi connectivity index (χ2v) is 4.40. The standard InChI is InChI=1S/C16H17NO/c1-12(14-8-4-3-5-9-14)15-10-6-7-11-16(15)17-13(2)18/h3-12H,1-2H3,(H,17,18). The number of benzene rings is 2. The molecule has 0 bridgehead atoms. The average Bonchev–Trinajstić information content (AvgIpc) is 2.39. The summed E-state index contributed by atoms with van der Waals surface area (Å²) in [4.78, 5) is 11.2. The largest absolute Gasteiger partial charge is 0.326 e. The molecule has 1 N–H and O–H groups in total. The van der Waals surface area contributed by atoms with Gasteiger partial charge in [0.05, 0.1) is 0 Å². The number of rotatable bonds is 3. The number of anilines is 1. The van der Waals surface area contributed by atoms with Crippen LogP contribution in [0, 0.1) is 0 Å². The molecule has 0 heterocycles. The van der Waals surface area contributed by atoms with Crippen molar-refractivity contribution in [3.05, 3.63) is 65.7 Å². The van der Waals surface area contributed by atoms with Gasteiger partial charge >= 0.3 is 0 Å². The third-order valence-corrected chi connectivity index (χ3v) is 3.04. The molecule has 0 aliphatic heterocycles. The van der Waals surface area contributed by atoms with Gasteiger partial charge in [-0.15, -0.1) is 0 Å². The average molecular weight is 239 g/mol. The Labute approximate surface area is 108 Å². The van der Waals surface area contributed by atoms with Crippen molar-refractivity contribution in [1.82, 2.24) is 0 Å². The van der Waals surface area contributed by atoms with E-state index in [9.17, 15) is 4.79 Å². The number of hydrogen-bond acceptors (Lipinski definition) is 1. The minimum Gasteiger partial charge on any atom is -0.326 e. The first-order chi connectivity index (χ1) is 8.68. The van der Waals surface area contributed by atoms with Crippen molar-refractivity contribution >= 4 is 11.6 Å². The zero-order valence-electron chi connectivity index (χ0n) is 10.7. The van der Waals surface area contributed by atoms with Crippen LogP contribution in [0.2, 0.25) is 0 Å². The molecule has 0 saturated heterocycles. The molecule has 1 amide bonds. The van der Waals surface area contributed by atoms with Crippen LogP contribution >= 0.6 is 0 Å². The summed E-state index contributed by atoms with van der Waals surface area (Å²) >= 11 is 0. The second-order valence-electron chi connectivity index (χ2n) is 4.40. The predicted molar refractivity (Wildman–Crippen MR) is 74.7 cm³/mol. The van der Waals surface area contributed by atoms with Crippen LogP contribution in [0.1, 0.15) is 30.9 Å². The zero-order chi connectivity index (χ0) is 13.0. The molecule has 18 heavy (non-hydrogen) atoms. The highest BCUT2D eigenvalue weighted by atomic mass is 16.1. The molecule has 0 radical (unpaired) electrons. The van der Waals surface area contributed by atoms with Crippen LogP contribution in [-0.2, 0) is 4.79 Å². The number of hydrogen-bond donors (Lipinski definition) is 1. The van der Waals surface area contributed by atoms with Crippen LogP contribution in [-0.4, -0.2) is 5.91 Å². The molecular weight excluding hydrogens is 222 g/mol. The van der Waals surface area contributed by atoms with Crippen LogP contribution < -0.4 is 5.32 Å². The van der Waals surface area contributed by atoms with Gasteiger partial charge in [0.15, 0.2) is 0 Å². The molecule has 2 nitrogen and oxygen atoms in total. The fraction of sp³-hybridized carbons (Fsp3) is 0.188. The maximum absolute atomic E-state index is 11.2. The Hall–Kier alpha value is -2.09. The quantitative estimate of drug-likeness (QED) is 0.867. The summed E-state index contributed by atoms with van der Waals surface area (Å²) in [5, 5.41) is 2.89. The summed E-state index contributed by atoms with van der Waals surface area (Å²) in [6.07, 6.45) is 0. The van der Waals surface area contributed by atoms with Gasteiger partial charge in [0.25, 0.3) is 0 Å². The lowest BCUT2D eigenvalue weighted by atomic mass is 9.92. The topological polar surface area (TPSA) is 29.1 Å². The van der Waals surface area contributed by atoms with Crippen molar-refractivity contribution in [2.75, 3.05) is 5.32 Å². The first kappa shape index (κ1) is 12.4. The van der Waals surface area contributed by atoms with Crippen LogP contribution in [0.15, 0.2) is 54.6 Å². The van der Waals surface area contributed by atoms with E-state index in [1.807, 2.05) is 36.4 Å². The lowest BCUT2D eigenvalue weighted by Gasteiger charge is -2.17. The third-order valence-electron chi connectivity index (χ3n) is 3.04. The highest BCUT2D eigenvalue weighted by Crippen LogP contribution is 2.29. The second kappa shape index (κ2) is 5.50. The van der Waals surface area contributed by atoms with Crippen molar-refractivity contribution in [1.29, 1.82) is 0 Å². The van der Waals surface area contributed by atoms with Crippen LogP contribution in [0.25, 0.3) is 0 Å². The highest BCUT2D eigenvalue weighted by Gasteiger charge is 2.12. The first-order valence-corrected chi connectivity index (χ1v) is 6.10. The molecule has 0 aromatic heterocycles. The molecule has 2 rings (SSSR count). The van der Waals surface area contributed by atoms with Gasteiger partial charge in [0.1, 0.15) is 0 Å². The Kier molecular flexibility index (Phi) is 3.78. The number of nitrogens with one attached hydrogen (secondary N) is 1. The van der Waals surface area contributed by atoms with E-state index in [1.165, 1.54) is 12.5 Å². The van der Waals surface area contributed by atoms with E-state index >= 15 is 0 Å². The van der Waals surface area contributed by atoms with E-state index in [1.54, 1.807) is 0 Å². The summed E-state index contributed by atoms with van der Waals surface area (Å²) in [6.45, 7) is 3.68. The van der Waals surface area contributed by atoms with E-state index in [-0.39, 0.29) is 11.8 Å². The van der Waals surface area contributed by atoms with Crippen LogP contribution in [0.5, 0.6) is 0 Å². The van der Waals surface area contributed by atoms with Crippen LogP contribution in [0.4, 0.5) is 5.69 Å². The van der Waals surface area contributed by atoms with E-state index in [0.29, 0.717) is 0 Å². The minimum absolute atomic E-state index is 0.0392. The number of amides is 1. The smallest absolute Gasteiger partial charge is 0.221 e. The third kappa shape index (κ3) is 2.77. The van der Waals surface area contributed by atoms with E-state index in [4.69, 9.17) is 0 Å². The number of carbonyl (C=O) groups is 1. The minimum atomic E-state index is -0.0392. The Morgan fingerprint density at radius 3 is 2.28 bits per heavy atom. The van der Waals surface area contributed by atoms with Crippen LogP contribution in [0.3, 0.4) is 0 Å². The van der Waals surface area contributed by atoms with E-state index in [0.717, 1.165) is 11.3 Å². The lowest BCUT2D eigenvalue weighted by molar-refractivity contribution is -0.114. The van der Waals surface area contributed by atoms with Gasteiger partial charge in [0.2, 0.25) is 5.91 Å². The summed E-state index contributed by atoms with van der Waals surface area (Å²) < 4.78 is 0. The zero-order valence-corrected chi connectivity index (χ0v) is 10.7. The fourth-order valence-corrected chi connectivity index (χ4v) is 2.10. The maximum atomic E-state index is 11.2. The molecule has 0 spiro atoms. The molecule has 0 saturated carbocycles. The monoisotopic (exact) mass is 239 g/mol. The van der Waals surface area contributed by atoms with Crippen molar-refractivity contribution in [3.8, 4) is 0 Å². The molecule has 2 aromatic rings. The normalized spacial score (nSPS) is 11.9. The number of para-hydroxylation sites is 1.